The highest BCUT2D eigenvalue weighted by Gasteiger charge is 2.09. The van der Waals surface area contributed by atoms with Crippen LogP contribution in [0.5, 0.6) is 0 Å². The molecule has 0 aliphatic rings. The molecule has 2 aromatic rings. The highest BCUT2D eigenvalue weighted by molar-refractivity contribution is 7.99. The summed E-state index contributed by atoms with van der Waals surface area (Å²) in [5.41, 5.74) is 8.32. The Hall–Kier alpha value is -1.06. The van der Waals surface area contributed by atoms with Crippen LogP contribution >= 0.6 is 11.8 Å². The Morgan fingerprint density at radius 3 is 2.84 bits per heavy atom. The molecule has 2 rings (SSSR count). The van der Waals surface area contributed by atoms with Crippen LogP contribution in [0.15, 0.2) is 35.4 Å². The van der Waals surface area contributed by atoms with Crippen molar-refractivity contribution in [2.75, 3.05) is 5.75 Å². The fourth-order valence-electron chi connectivity index (χ4n) is 2.07. The minimum Gasteiger partial charge on any atom is -0.328 e. The molecule has 0 saturated heterocycles. The Morgan fingerprint density at radius 1 is 1.32 bits per heavy atom. The maximum atomic E-state index is 5.96. The second kappa shape index (κ2) is 6.92. The molecule has 19 heavy (non-hydrogen) atoms. The van der Waals surface area contributed by atoms with E-state index in [1.165, 1.54) is 23.8 Å². The van der Waals surface area contributed by atoms with Gasteiger partial charge in [-0.3, -0.25) is 0 Å². The smallest absolute Gasteiger partial charge is 0.1000 e. The van der Waals surface area contributed by atoms with E-state index in [0.29, 0.717) is 0 Å². The van der Waals surface area contributed by atoms with Gasteiger partial charge in [0.1, 0.15) is 0 Å². The van der Waals surface area contributed by atoms with Gasteiger partial charge in [-0.2, -0.15) is 0 Å². The van der Waals surface area contributed by atoms with Crippen molar-refractivity contribution < 1.29 is 0 Å². The van der Waals surface area contributed by atoms with E-state index in [2.05, 4.69) is 38.1 Å². The van der Waals surface area contributed by atoms with E-state index in [9.17, 15) is 0 Å². The first kappa shape index (κ1) is 14.4. The number of benzene rings is 1. The van der Waals surface area contributed by atoms with Crippen molar-refractivity contribution in [2.45, 2.75) is 44.2 Å². The molecule has 0 radical (unpaired) electrons. The van der Waals surface area contributed by atoms with E-state index in [1.54, 1.807) is 0 Å². The largest absolute Gasteiger partial charge is 0.328 e. The number of fused-ring (bicyclic) bond motifs is 1. The fraction of sp³-hybridized carbons (Fsp3) is 0.438. The molecule has 1 aromatic heterocycles. The first-order chi connectivity index (χ1) is 9.20. The van der Waals surface area contributed by atoms with Gasteiger partial charge in [-0.1, -0.05) is 31.5 Å². The van der Waals surface area contributed by atoms with Gasteiger partial charge >= 0.3 is 0 Å². The summed E-state index contributed by atoms with van der Waals surface area (Å²) in [5, 5.41) is 2.36. The third-order valence-corrected chi connectivity index (χ3v) is 4.16. The van der Waals surface area contributed by atoms with Crippen LogP contribution in [0.1, 0.15) is 32.3 Å². The van der Waals surface area contributed by atoms with Gasteiger partial charge in [0.2, 0.25) is 0 Å². The number of rotatable bonds is 6. The van der Waals surface area contributed by atoms with Crippen molar-refractivity contribution >= 4 is 22.7 Å². The number of nitrogens with zero attached hydrogens (tertiary/aromatic N) is 1. The predicted molar refractivity (Wildman–Crippen MR) is 84.7 cm³/mol. The molecule has 102 valence electrons. The summed E-state index contributed by atoms with van der Waals surface area (Å²) >= 11 is 1.86. The number of hydrogen-bond acceptors (Lipinski definition) is 3. The van der Waals surface area contributed by atoms with Crippen molar-refractivity contribution in [3.63, 3.8) is 0 Å². The lowest BCUT2D eigenvalue weighted by atomic mass is 10.1. The van der Waals surface area contributed by atoms with E-state index >= 15 is 0 Å². The number of pyridine rings is 1. The molecule has 0 amide bonds. The first-order valence-corrected chi connectivity index (χ1v) is 7.96. The second-order valence-electron chi connectivity index (χ2n) is 5.03. The third-order valence-electron chi connectivity index (χ3n) is 3.04. The van der Waals surface area contributed by atoms with E-state index in [4.69, 9.17) is 10.7 Å². The molecule has 1 atom stereocenters. The SMILES string of the molecule is CCCCSc1nc2ccccc2cc1CC(C)N. The Bertz CT molecular complexity index is 537. The molecule has 3 heteroatoms. The van der Waals surface area contributed by atoms with E-state index in [1.807, 2.05) is 17.8 Å². The molecule has 0 bridgehead atoms. The summed E-state index contributed by atoms with van der Waals surface area (Å²) in [7, 11) is 0. The number of nitrogens with two attached hydrogens (primary N) is 1. The number of hydrogen-bond donors (Lipinski definition) is 1. The zero-order valence-electron chi connectivity index (χ0n) is 11.7. The Kier molecular flexibility index (Phi) is 5.23. The van der Waals surface area contributed by atoms with Gasteiger partial charge in [-0.15, -0.1) is 11.8 Å². The number of unbranched alkanes of at least 4 members (excludes halogenated alkanes) is 1. The van der Waals surface area contributed by atoms with Crippen molar-refractivity contribution in [3.05, 3.63) is 35.9 Å². The second-order valence-corrected chi connectivity index (χ2v) is 6.11. The molecule has 2 N–H and O–H groups in total. The number of aromatic nitrogens is 1. The van der Waals surface area contributed by atoms with E-state index in [-0.39, 0.29) is 6.04 Å². The summed E-state index contributed by atoms with van der Waals surface area (Å²) in [6.07, 6.45) is 3.35. The van der Waals surface area contributed by atoms with Crippen LogP contribution in [0.2, 0.25) is 0 Å². The quantitative estimate of drug-likeness (QED) is 0.639. The Labute approximate surface area is 119 Å². The number of thioether (sulfide) groups is 1. The van der Waals surface area contributed by atoms with Crippen LogP contribution < -0.4 is 5.73 Å². The topological polar surface area (TPSA) is 38.9 Å². The zero-order chi connectivity index (χ0) is 13.7. The lowest BCUT2D eigenvalue weighted by Crippen LogP contribution is -2.18. The summed E-state index contributed by atoms with van der Waals surface area (Å²) in [6, 6.07) is 10.7. The molecule has 1 unspecified atom stereocenters. The van der Waals surface area contributed by atoms with Crippen molar-refractivity contribution in [1.29, 1.82) is 0 Å². The van der Waals surface area contributed by atoms with Crippen LogP contribution in [0, 0.1) is 0 Å². The van der Waals surface area contributed by atoms with Crippen molar-refractivity contribution in [2.24, 2.45) is 5.73 Å². The number of para-hydroxylation sites is 1. The van der Waals surface area contributed by atoms with Crippen LogP contribution in [0.3, 0.4) is 0 Å². The highest BCUT2D eigenvalue weighted by atomic mass is 32.2. The highest BCUT2D eigenvalue weighted by Crippen LogP contribution is 2.26. The predicted octanol–water partition coefficient (Wildman–Crippen LogP) is 4.02. The fourth-order valence-corrected chi connectivity index (χ4v) is 3.19. The van der Waals surface area contributed by atoms with Crippen molar-refractivity contribution in [1.82, 2.24) is 4.98 Å². The molecule has 1 aromatic carbocycles. The summed E-state index contributed by atoms with van der Waals surface area (Å²) in [5.74, 6) is 1.13. The normalized spacial score (nSPS) is 12.8. The minimum atomic E-state index is 0.175. The maximum Gasteiger partial charge on any atom is 0.1000 e. The molecule has 2 nitrogen and oxygen atoms in total. The average Bonchev–Trinajstić information content (AvgIpc) is 2.39. The van der Waals surface area contributed by atoms with Crippen LogP contribution in [-0.2, 0) is 6.42 Å². The molecule has 0 aliphatic heterocycles. The van der Waals surface area contributed by atoms with Gasteiger partial charge in [0.25, 0.3) is 0 Å². The maximum absolute atomic E-state index is 5.96. The molecule has 0 fully saturated rings. The Balaban J connectivity index is 2.33. The van der Waals surface area contributed by atoms with Crippen molar-refractivity contribution in [3.8, 4) is 0 Å². The molecular weight excluding hydrogens is 252 g/mol. The molecule has 0 spiro atoms. The Morgan fingerprint density at radius 2 is 2.11 bits per heavy atom. The molecule has 0 aliphatic carbocycles. The van der Waals surface area contributed by atoms with Gasteiger partial charge in [0, 0.05) is 11.4 Å². The molecule has 0 saturated carbocycles. The molecule has 1 heterocycles. The van der Waals surface area contributed by atoms with Crippen LogP contribution in [0.25, 0.3) is 10.9 Å². The molecular formula is C16H22N2S. The van der Waals surface area contributed by atoms with Gasteiger partial charge in [-0.05, 0) is 43.2 Å². The lowest BCUT2D eigenvalue weighted by molar-refractivity contribution is 0.724. The summed E-state index contributed by atoms with van der Waals surface area (Å²) in [6.45, 7) is 4.27. The van der Waals surface area contributed by atoms with Gasteiger partial charge in [0.05, 0.1) is 10.5 Å². The summed E-state index contributed by atoms with van der Waals surface area (Å²) in [4.78, 5) is 4.81. The lowest BCUT2D eigenvalue weighted by Gasteiger charge is -2.12. The monoisotopic (exact) mass is 274 g/mol. The van der Waals surface area contributed by atoms with Crippen LogP contribution in [0.4, 0.5) is 0 Å². The first-order valence-electron chi connectivity index (χ1n) is 6.97. The standard InChI is InChI=1S/C16H22N2S/c1-3-4-9-19-16-14(10-12(2)17)11-13-7-5-6-8-15(13)18-16/h5-8,11-12H,3-4,9-10,17H2,1-2H3. The summed E-state index contributed by atoms with van der Waals surface area (Å²) < 4.78 is 0. The van der Waals surface area contributed by atoms with E-state index in [0.717, 1.165) is 22.7 Å². The van der Waals surface area contributed by atoms with Gasteiger partial charge in [0.15, 0.2) is 0 Å². The average molecular weight is 274 g/mol. The van der Waals surface area contributed by atoms with Gasteiger partial charge in [-0.25, -0.2) is 4.98 Å². The zero-order valence-corrected chi connectivity index (χ0v) is 12.5. The van der Waals surface area contributed by atoms with Gasteiger partial charge < -0.3 is 5.73 Å². The van der Waals surface area contributed by atoms with Crippen LogP contribution in [-0.4, -0.2) is 16.8 Å². The van der Waals surface area contributed by atoms with E-state index < -0.39 is 0 Å². The minimum absolute atomic E-state index is 0.175. The third kappa shape index (κ3) is 3.95.